The van der Waals surface area contributed by atoms with E-state index in [-0.39, 0.29) is 18.5 Å². The molecule has 1 fully saturated rings. The third-order valence-corrected chi connectivity index (χ3v) is 3.01. The van der Waals surface area contributed by atoms with E-state index in [0.29, 0.717) is 5.69 Å². The smallest absolute Gasteiger partial charge is 0.309 e. The van der Waals surface area contributed by atoms with Crippen LogP contribution in [0.5, 0.6) is 0 Å². The van der Waals surface area contributed by atoms with Crippen LogP contribution in [0.2, 0.25) is 0 Å². The summed E-state index contributed by atoms with van der Waals surface area (Å²) in [6.45, 7) is 1.58. The van der Waals surface area contributed by atoms with Gasteiger partial charge in [0.05, 0.1) is 31.0 Å². The van der Waals surface area contributed by atoms with E-state index in [1.54, 1.807) is 6.07 Å². The summed E-state index contributed by atoms with van der Waals surface area (Å²) in [4.78, 5) is 11.2. The van der Waals surface area contributed by atoms with Gasteiger partial charge in [-0.3, -0.25) is 4.79 Å². The Kier molecular flexibility index (Phi) is 4.04. The molecular weight excluding hydrogens is 232 g/mol. The quantitative estimate of drug-likeness (QED) is 0.606. The van der Waals surface area contributed by atoms with Crippen molar-refractivity contribution < 1.29 is 14.3 Å². The van der Waals surface area contributed by atoms with Gasteiger partial charge in [-0.15, -0.1) is 0 Å². The topological polar surface area (TPSA) is 73.6 Å². The van der Waals surface area contributed by atoms with E-state index < -0.39 is 0 Å². The van der Waals surface area contributed by atoms with Gasteiger partial charge in [0.2, 0.25) is 0 Å². The summed E-state index contributed by atoms with van der Waals surface area (Å²) in [6, 6.07) is 5.50. The molecule has 0 bridgehead atoms. The van der Waals surface area contributed by atoms with Crippen LogP contribution in [0.15, 0.2) is 18.2 Å². The van der Waals surface area contributed by atoms with Gasteiger partial charge in [-0.2, -0.15) is 0 Å². The van der Waals surface area contributed by atoms with Crippen molar-refractivity contribution in [3.05, 3.63) is 23.8 Å². The third kappa shape index (κ3) is 3.13. The van der Waals surface area contributed by atoms with Crippen LogP contribution in [0.3, 0.4) is 0 Å². The van der Waals surface area contributed by atoms with E-state index in [2.05, 4.69) is 10.1 Å². The standard InChI is InChI=1S/C13H18N2O3/c1-17-13(16)7-9-2-3-11(14)12(6-9)15-8-10-4-5-18-10/h2-3,6,10,15H,4-5,7-8,14H2,1H3/t10-/m0/s1. The van der Waals surface area contributed by atoms with Gasteiger partial charge < -0.3 is 20.5 Å². The molecule has 0 unspecified atom stereocenters. The first-order valence-corrected chi connectivity index (χ1v) is 5.99. The minimum absolute atomic E-state index is 0.255. The van der Waals surface area contributed by atoms with E-state index in [1.165, 1.54) is 7.11 Å². The molecule has 1 aliphatic heterocycles. The third-order valence-electron chi connectivity index (χ3n) is 3.01. The molecule has 0 spiro atoms. The zero-order valence-corrected chi connectivity index (χ0v) is 10.4. The van der Waals surface area contributed by atoms with Crippen LogP contribution in [-0.4, -0.2) is 32.3 Å². The lowest BCUT2D eigenvalue weighted by molar-refractivity contribution is -0.139. The van der Waals surface area contributed by atoms with Crippen LogP contribution in [-0.2, 0) is 20.7 Å². The molecule has 1 atom stereocenters. The number of carbonyl (C=O) groups excluding carboxylic acids is 1. The molecule has 1 heterocycles. The summed E-state index contributed by atoms with van der Waals surface area (Å²) in [5.74, 6) is -0.256. The number of nitrogen functional groups attached to an aromatic ring is 1. The molecule has 98 valence electrons. The molecule has 1 saturated heterocycles. The Labute approximate surface area is 106 Å². The number of nitrogens with one attached hydrogen (secondary N) is 1. The highest BCUT2D eigenvalue weighted by molar-refractivity contribution is 5.75. The predicted octanol–water partition coefficient (Wildman–Crippen LogP) is 1.19. The lowest BCUT2D eigenvalue weighted by atomic mass is 10.1. The predicted molar refractivity (Wildman–Crippen MR) is 69.4 cm³/mol. The highest BCUT2D eigenvalue weighted by Crippen LogP contribution is 2.22. The van der Waals surface area contributed by atoms with Crippen LogP contribution < -0.4 is 11.1 Å². The Balaban J connectivity index is 1.98. The van der Waals surface area contributed by atoms with Gasteiger partial charge in [-0.05, 0) is 24.1 Å². The van der Waals surface area contributed by atoms with Crippen molar-refractivity contribution in [2.75, 3.05) is 31.3 Å². The van der Waals surface area contributed by atoms with Gasteiger partial charge in [0.15, 0.2) is 0 Å². The van der Waals surface area contributed by atoms with Crippen molar-refractivity contribution in [3.8, 4) is 0 Å². The van der Waals surface area contributed by atoms with E-state index in [4.69, 9.17) is 10.5 Å². The van der Waals surface area contributed by atoms with E-state index >= 15 is 0 Å². The van der Waals surface area contributed by atoms with Crippen LogP contribution in [0.1, 0.15) is 12.0 Å². The van der Waals surface area contributed by atoms with Crippen molar-refractivity contribution in [1.29, 1.82) is 0 Å². The molecule has 5 nitrogen and oxygen atoms in total. The summed E-state index contributed by atoms with van der Waals surface area (Å²) >= 11 is 0. The average Bonchev–Trinajstić information content (AvgIpc) is 2.31. The van der Waals surface area contributed by atoms with E-state index in [0.717, 1.165) is 30.8 Å². The molecule has 0 aromatic heterocycles. The fourth-order valence-corrected chi connectivity index (χ4v) is 1.77. The van der Waals surface area contributed by atoms with Crippen molar-refractivity contribution in [1.82, 2.24) is 0 Å². The molecular formula is C13H18N2O3. The maximum absolute atomic E-state index is 11.2. The van der Waals surface area contributed by atoms with Crippen molar-refractivity contribution in [2.45, 2.75) is 18.9 Å². The lowest BCUT2D eigenvalue weighted by Gasteiger charge is -2.27. The van der Waals surface area contributed by atoms with Gasteiger partial charge in [-0.1, -0.05) is 6.07 Å². The number of carbonyl (C=O) groups is 1. The molecule has 2 rings (SSSR count). The second kappa shape index (κ2) is 5.73. The maximum atomic E-state index is 11.2. The Morgan fingerprint density at radius 2 is 2.39 bits per heavy atom. The zero-order chi connectivity index (χ0) is 13.0. The SMILES string of the molecule is COC(=O)Cc1ccc(N)c(NC[C@@H]2CCO2)c1. The fourth-order valence-electron chi connectivity index (χ4n) is 1.77. The van der Waals surface area contributed by atoms with Crippen LogP contribution in [0.25, 0.3) is 0 Å². The number of esters is 1. The number of ether oxygens (including phenoxy) is 2. The van der Waals surface area contributed by atoms with Gasteiger partial charge in [-0.25, -0.2) is 0 Å². The van der Waals surface area contributed by atoms with Gasteiger partial charge >= 0.3 is 5.97 Å². The van der Waals surface area contributed by atoms with Crippen molar-refractivity contribution in [2.24, 2.45) is 0 Å². The normalized spacial score (nSPS) is 17.9. The van der Waals surface area contributed by atoms with Gasteiger partial charge in [0.25, 0.3) is 0 Å². The average molecular weight is 250 g/mol. The Morgan fingerprint density at radius 3 is 3.00 bits per heavy atom. The number of hydrogen-bond acceptors (Lipinski definition) is 5. The molecule has 0 saturated carbocycles. The number of anilines is 2. The highest BCUT2D eigenvalue weighted by atomic mass is 16.5. The number of hydrogen-bond donors (Lipinski definition) is 2. The van der Waals surface area contributed by atoms with Gasteiger partial charge in [0, 0.05) is 13.2 Å². The van der Waals surface area contributed by atoms with Crippen molar-refractivity contribution >= 4 is 17.3 Å². The molecule has 0 radical (unpaired) electrons. The minimum atomic E-state index is -0.256. The van der Waals surface area contributed by atoms with Gasteiger partial charge in [0.1, 0.15) is 0 Å². The van der Waals surface area contributed by atoms with Crippen molar-refractivity contribution in [3.63, 3.8) is 0 Å². The summed E-state index contributed by atoms with van der Waals surface area (Å²) in [6.07, 6.45) is 1.61. The number of rotatable bonds is 5. The Hall–Kier alpha value is -1.75. The largest absolute Gasteiger partial charge is 0.469 e. The number of methoxy groups -OCH3 is 1. The first-order chi connectivity index (χ1) is 8.69. The Bertz CT molecular complexity index is 430. The summed E-state index contributed by atoms with van der Waals surface area (Å²) in [7, 11) is 1.38. The molecule has 0 aliphatic carbocycles. The second-order valence-electron chi connectivity index (χ2n) is 4.34. The molecule has 1 aromatic rings. The summed E-state index contributed by atoms with van der Waals surface area (Å²) in [5, 5.41) is 3.24. The first-order valence-electron chi connectivity index (χ1n) is 5.99. The molecule has 0 amide bonds. The Morgan fingerprint density at radius 1 is 1.61 bits per heavy atom. The van der Waals surface area contributed by atoms with E-state index in [1.807, 2.05) is 12.1 Å². The van der Waals surface area contributed by atoms with Crippen LogP contribution in [0.4, 0.5) is 11.4 Å². The highest BCUT2D eigenvalue weighted by Gasteiger charge is 2.17. The minimum Gasteiger partial charge on any atom is -0.469 e. The molecule has 1 aromatic carbocycles. The maximum Gasteiger partial charge on any atom is 0.309 e. The number of benzene rings is 1. The van der Waals surface area contributed by atoms with Crippen LogP contribution >= 0.6 is 0 Å². The molecule has 18 heavy (non-hydrogen) atoms. The summed E-state index contributed by atoms with van der Waals surface area (Å²) in [5.41, 5.74) is 8.27. The summed E-state index contributed by atoms with van der Waals surface area (Å²) < 4.78 is 9.97. The molecule has 5 heteroatoms. The molecule has 1 aliphatic rings. The molecule has 3 N–H and O–H groups in total. The second-order valence-corrected chi connectivity index (χ2v) is 4.34. The first kappa shape index (κ1) is 12.7. The zero-order valence-electron chi connectivity index (χ0n) is 10.4. The number of nitrogens with two attached hydrogens (primary N) is 1. The lowest BCUT2D eigenvalue weighted by Crippen LogP contribution is -2.33. The monoisotopic (exact) mass is 250 g/mol. The van der Waals surface area contributed by atoms with E-state index in [9.17, 15) is 4.79 Å². The van der Waals surface area contributed by atoms with Crippen LogP contribution in [0, 0.1) is 0 Å². The fraction of sp³-hybridized carbons (Fsp3) is 0.462.